The van der Waals surface area contributed by atoms with E-state index in [-0.39, 0.29) is 30.5 Å². The first-order chi connectivity index (χ1) is 17.2. The molecular formula is C28H29N3O4. The first kappa shape index (κ1) is 22.9. The van der Waals surface area contributed by atoms with Crippen LogP contribution in [-0.2, 0) is 9.53 Å². The number of hydrogen-bond acceptors (Lipinski definition) is 5. The molecule has 7 nitrogen and oxygen atoms in total. The van der Waals surface area contributed by atoms with Gasteiger partial charge in [0.25, 0.3) is 5.91 Å². The number of nitrogens with zero attached hydrogens (tertiary/aromatic N) is 1. The van der Waals surface area contributed by atoms with Crippen LogP contribution in [0, 0.1) is 0 Å². The lowest BCUT2D eigenvalue weighted by atomic mass is 10.0. The summed E-state index contributed by atoms with van der Waals surface area (Å²) in [6, 6.07) is 24.4. The Bertz CT molecular complexity index is 1180. The Kier molecular flexibility index (Phi) is 6.95. The molecule has 2 N–H and O–H groups in total. The maximum absolute atomic E-state index is 13.6. The molecule has 0 unspecified atom stereocenters. The molecule has 180 valence electrons. The number of rotatable bonds is 7. The molecule has 0 aromatic heterocycles. The second-order valence-electron chi connectivity index (χ2n) is 8.71. The van der Waals surface area contributed by atoms with E-state index in [9.17, 15) is 9.59 Å². The third-order valence-corrected chi connectivity index (χ3v) is 6.40. The summed E-state index contributed by atoms with van der Waals surface area (Å²) in [5.41, 5.74) is 2.86. The molecule has 0 saturated carbocycles. The second kappa shape index (κ2) is 10.6. The number of para-hydroxylation sites is 3. The fourth-order valence-corrected chi connectivity index (χ4v) is 4.62. The number of ether oxygens (including phenoxy) is 2. The van der Waals surface area contributed by atoms with Crippen LogP contribution in [0.2, 0.25) is 0 Å². The van der Waals surface area contributed by atoms with Crippen molar-refractivity contribution in [3.05, 3.63) is 90.0 Å². The third-order valence-electron chi connectivity index (χ3n) is 6.40. The molecule has 2 aliphatic heterocycles. The van der Waals surface area contributed by atoms with Crippen LogP contribution in [0.4, 0.5) is 11.4 Å². The van der Waals surface area contributed by atoms with Crippen LogP contribution in [0.5, 0.6) is 5.75 Å². The topological polar surface area (TPSA) is 79.9 Å². The van der Waals surface area contributed by atoms with Crippen LogP contribution < -0.4 is 20.3 Å². The molecule has 3 aromatic rings. The van der Waals surface area contributed by atoms with Crippen molar-refractivity contribution in [3.8, 4) is 5.75 Å². The highest BCUT2D eigenvalue weighted by atomic mass is 16.5. The fourth-order valence-electron chi connectivity index (χ4n) is 4.62. The van der Waals surface area contributed by atoms with Crippen molar-refractivity contribution in [2.45, 2.75) is 25.0 Å². The maximum atomic E-state index is 13.6. The van der Waals surface area contributed by atoms with Gasteiger partial charge in [-0.2, -0.15) is 0 Å². The third kappa shape index (κ3) is 5.15. The van der Waals surface area contributed by atoms with E-state index in [2.05, 4.69) is 10.6 Å². The lowest BCUT2D eigenvalue weighted by molar-refractivity contribution is -0.117. The summed E-state index contributed by atoms with van der Waals surface area (Å²) in [4.78, 5) is 28.2. The normalized spacial score (nSPS) is 18.9. The Balaban J connectivity index is 1.32. The number of carbonyl (C=O) groups is 2. The first-order valence-electron chi connectivity index (χ1n) is 12.0. The summed E-state index contributed by atoms with van der Waals surface area (Å²) in [7, 11) is 0. The summed E-state index contributed by atoms with van der Waals surface area (Å²) in [6.07, 6.45) is 2.05. The van der Waals surface area contributed by atoms with Gasteiger partial charge in [-0.25, -0.2) is 0 Å². The Morgan fingerprint density at radius 3 is 2.54 bits per heavy atom. The number of fused-ring (bicyclic) bond motifs is 1. The number of anilines is 2. The van der Waals surface area contributed by atoms with E-state index < -0.39 is 0 Å². The van der Waals surface area contributed by atoms with E-state index in [1.165, 1.54) is 0 Å². The van der Waals surface area contributed by atoms with Crippen molar-refractivity contribution in [1.82, 2.24) is 5.32 Å². The van der Waals surface area contributed by atoms with E-state index in [0.29, 0.717) is 30.2 Å². The van der Waals surface area contributed by atoms with Gasteiger partial charge in [-0.3, -0.25) is 14.5 Å². The zero-order valence-electron chi connectivity index (χ0n) is 19.5. The summed E-state index contributed by atoms with van der Waals surface area (Å²) in [6.45, 7) is 1.63. The Morgan fingerprint density at radius 1 is 0.943 bits per heavy atom. The Morgan fingerprint density at radius 2 is 1.71 bits per heavy atom. The highest BCUT2D eigenvalue weighted by Crippen LogP contribution is 2.39. The Labute approximate surface area is 205 Å². The lowest BCUT2D eigenvalue weighted by Crippen LogP contribution is -2.43. The number of benzene rings is 3. The van der Waals surface area contributed by atoms with Gasteiger partial charge in [0.2, 0.25) is 5.91 Å². The summed E-state index contributed by atoms with van der Waals surface area (Å²) in [5, 5.41) is 6.16. The number of nitrogens with one attached hydrogen (secondary N) is 2. The summed E-state index contributed by atoms with van der Waals surface area (Å²) < 4.78 is 11.6. The average Bonchev–Trinajstić information content (AvgIpc) is 3.44. The number of amides is 2. The molecule has 1 fully saturated rings. The summed E-state index contributed by atoms with van der Waals surface area (Å²) in [5.74, 6) is 0.390. The van der Waals surface area contributed by atoms with Gasteiger partial charge in [0, 0.05) is 18.8 Å². The van der Waals surface area contributed by atoms with Crippen LogP contribution in [0.25, 0.3) is 0 Å². The first-order valence-corrected chi connectivity index (χ1v) is 12.0. The van der Waals surface area contributed by atoms with Crippen LogP contribution in [0.1, 0.15) is 34.8 Å². The molecule has 7 heteroatoms. The van der Waals surface area contributed by atoms with Crippen molar-refractivity contribution in [2.24, 2.45) is 0 Å². The fraction of sp³-hybridized carbons (Fsp3) is 0.286. The van der Waals surface area contributed by atoms with Crippen molar-refractivity contribution in [2.75, 3.05) is 36.5 Å². The quantitative estimate of drug-likeness (QED) is 0.541. The monoisotopic (exact) mass is 471 g/mol. The number of hydrogen-bond donors (Lipinski definition) is 2. The van der Waals surface area contributed by atoms with Gasteiger partial charge in [0.1, 0.15) is 12.4 Å². The summed E-state index contributed by atoms with van der Waals surface area (Å²) >= 11 is 0. The standard InChI is InChI=1S/C28H29N3O4/c32-27(18-29-23-13-5-4-12-22(23)28(33)30-17-21-11-8-16-34-21)31-24-14-6-7-15-26(24)35-19-25(31)20-9-2-1-3-10-20/h1-7,9-10,12-15,21,25,29H,8,11,16-19H2,(H,30,33)/t21-,25-/m1/s1. The predicted molar refractivity (Wildman–Crippen MR) is 135 cm³/mol. The molecule has 0 bridgehead atoms. The van der Waals surface area contributed by atoms with E-state index in [1.807, 2.05) is 72.8 Å². The minimum absolute atomic E-state index is 0.0354. The molecule has 35 heavy (non-hydrogen) atoms. The highest BCUT2D eigenvalue weighted by Gasteiger charge is 2.33. The van der Waals surface area contributed by atoms with Gasteiger partial charge in [0.05, 0.1) is 29.9 Å². The molecule has 3 aromatic carbocycles. The van der Waals surface area contributed by atoms with Gasteiger partial charge in [-0.15, -0.1) is 0 Å². The molecule has 5 rings (SSSR count). The van der Waals surface area contributed by atoms with Crippen molar-refractivity contribution < 1.29 is 19.1 Å². The van der Waals surface area contributed by atoms with Crippen molar-refractivity contribution in [3.63, 3.8) is 0 Å². The zero-order valence-corrected chi connectivity index (χ0v) is 19.5. The minimum Gasteiger partial charge on any atom is -0.489 e. The maximum Gasteiger partial charge on any atom is 0.253 e. The smallest absolute Gasteiger partial charge is 0.253 e. The predicted octanol–water partition coefficient (Wildman–Crippen LogP) is 4.17. The molecule has 0 radical (unpaired) electrons. The van der Waals surface area contributed by atoms with Gasteiger partial charge in [-0.05, 0) is 42.7 Å². The van der Waals surface area contributed by atoms with Crippen molar-refractivity contribution >= 4 is 23.2 Å². The van der Waals surface area contributed by atoms with E-state index >= 15 is 0 Å². The van der Waals surface area contributed by atoms with Gasteiger partial charge in [-0.1, -0.05) is 54.6 Å². The van der Waals surface area contributed by atoms with E-state index in [0.717, 1.165) is 30.7 Å². The molecule has 2 aliphatic rings. The van der Waals surface area contributed by atoms with E-state index in [4.69, 9.17) is 9.47 Å². The SMILES string of the molecule is O=C(NC[C@H]1CCCO1)c1ccccc1NCC(=O)N1c2ccccc2OC[C@@H]1c1ccccc1. The molecular weight excluding hydrogens is 442 g/mol. The molecule has 2 amide bonds. The van der Waals surface area contributed by atoms with Gasteiger partial charge in [0.15, 0.2) is 0 Å². The Hall–Kier alpha value is -3.84. The van der Waals surface area contributed by atoms with Crippen molar-refractivity contribution in [1.29, 1.82) is 0 Å². The highest BCUT2D eigenvalue weighted by molar-refractivity contribution is 6.02. The van der Waals surface area contributed by atoms with Crippen LogP contribution in [0.15, 0.2) is 78.9 Å². The lowest BCUT2D eigenvalue weighted by Gasteiger charge is -2.37. The van der Waals surface area contributed by atoms with E-state index in [1.54, 1.807) is 11.0 Å². The van der Waals surface area contributed by atoms with Gasteiger partial charge < -0.3 is 20.1 Å². The molecule has 2 heterocycles. The van der Waals surface area contributed by atoms with Crippen LogP contribution in [-0.4, -0.2) is 44.2 Å². The zero-order chi connectivity index (χ0) is 24.0. The minimum atomic E-state index is -0.245. The van der Waals surface area contributed by atoms with Crippen LogP contribution in [0.3, 0.4) is 0 Å². The second-order valence-corrected chi connectivity index (χ2v) is 8.71. The number of carbonyl (C=O) groups excluding carboxylic acids is 2. The largest absolute Gasteiger partial charge is 0.489 e. The molecule has 1 saturated heterocycles. The van der Waals surface area contributed by atoms with Gasteiger partial charge >= 0.3 is 0 Å². The average molecular weight is 472 g/mol. The molecule has 0 aliphatic carbocycles. The molecule has 2 atom stereocenters. The molecule has 0 spiro atoms. The van der Waals surface area contributed by atoms with Crippen LogP contribution >= 0.6 is 0 Å².